The molecule has 2 aliphatic rings. The summed E-state index contributed by atoms with van der Waals surface area (Å²) in [6.45, 7) is 9.57. The first kappa shape index (κ1) is 23.4. The molecule has 0 spiro atoms. The van der Waals surface area contributed by atoms with Gasteiger partial charge in [0.15, 0.2) is 6.29 Å². The van der Waals surface area contributed by atoms with E-state index in [1.807, 2.05) is 25.1 Å². The maximum Gasteiger partial charge on any atom is 0.170 e. The number of piperidine rings is 1. The molecule has 7 nitrogen and oxygen atoms in total. The Bertz CT molecular complexity index is 949. The second kappa shape index (κ2) is 10.4. The van der Waals surface area contributed by atoms with Gasteiger partial charge in [-0.05, 0) is 63.3 Å². The lowest BCUT2D eigenvalue weighted by Gasteiger charge is -2.46. The van der Waals surface area contributed by atoms with Crippen molar-refractivity contribution in [2.45, 2.75) is 64.6 Å². The van der Waals surface area contributed by atoms with Crippen molar-refractivity contribution in [2.75, 3.05) is 24.5 Å². The van der Waals surface area contributed by atoms with Gasteiger partial charge in [-0.2, -0.15) is 0 Å². The molecule has 33 heavy (non-hydrogen) atoms. The number of carbonyl (C=O) groups is 2. The smallest absolute Gasteiger partial charge is 0.170 e. The van der Waals surface area contributed by atoms with Crippen LogP contribution in [-0.4, -0.2) is 65.3 Å². The molecule has 4 rings (SSSR count). The van der Waals surface area contributed by atoms with Crippen LogP contribution in [0.25, 0.3) is 0 Å². The Hall–Kier alpha value is -2.80. The summed E-state index contributed by atoms with van der Waals surface area (Å²) in [6, 6.07) is 6.76. The van der Waals surface area contributed by atoms with Gasteiger partial charge in [-0.15, -0.1) is 0 Å². The third kappa shape index (κ3) is 5.58. The average molecular weight is 451 g/mol. The van der Waals surface area contributed by atoms with E-state index < -0.39 is 0 Å². The fraction of sp³-hybridized carbons (Fsp3) is 0.538. The minimum atomic E-state index is 0.243. The largest absolute Gasteiger partial charge is 0.490 e. The molecule has 176 valence electrons. The summed E-state index contributed by atoms with van der Waals surface area (Å²) in [5.41, 5.74) is 2.05. The van der Waals surface area contributed by atoms with E-state index in [0.717, 1.165) is 80.6 Å². The summed E-state index contributed by atoms with van der Waals surface area (Å²) < 4.78 is 6.18. The highest BCUT2D eigenvalue weighted by atomic mass is 16.5. The van der Waals surface area contributed by atoms with Crippen molar-refractivity contribution in [3.63, 3.8) is 0 Å². The summed E-state index contributed by atoms with van der Waals surface area (Å²) in [5.74, 6) is 2.38. The number of benzene rings is 1. The second-order valence-corrected chi connectivity index (χ2v) is 9.64. The zero-order valence-corrected chi connectivity index (χ0v) is 19.8. The minimum Gasteiger partial charge on any atom is -0.490 e. The van der Waals surface area contributed by atoms with Gasteiger partial charge in [0, 0.05) is 50.1 Å². The zero-order valence-electron chi connectivity index (χ0n) is 19.8. The van der Waals surface area contributed by atoms with Gasteiger partial charge in [0.1, 0.15) is 29.7 Å². The molecule has 0 atom stereocenters. The average Bonchev–Trinajstić information content (AvgIpc) is 2.80. The van der Waals surface area contributed by atoms with E-state index in [-0.39, 0.29) is 6.10 Å². The second-order valence-electron chi connectivity index (χ2n) is 9.64. The number of anilines is 1. The van der Waals surface area contributed by atoms with Crippen molar-refractivity contribution in [1.82, 2.24) is 14.9 Å². The molecule has 1 aliphatic heterocycles. The number of aryl methyl sites for hydroxylation is 1. The normalized spacial score (nSPS) is 21.2. The molecule has 1 saturated heterocycles. The SMILES string of the molecule is Cc1cc(OC2CC(N(CC3CCN(c4cnc(C=O)cn4)CC3)C(C)C)C2)ccc1C=O. The predicted octanol–water partition coefficient (Wildman–Crippen LogP) is 3.95. The number of hydrogen-bond acceptors (Lipinski definition) is 7. The molecule has 2 aromatic rings. The monoisotopic (exact) mass is 450 g/mol. The quantitative estimate of drug-likeness (QED) is 0.536. The van der Waals surface area contributed by atoms with Crippen LogP contribution in [0.1, 0.15) is 65.9 Å². The van der Waals surface area contributed by atoms with Crippen LogP contribution in [0.5, 0.6) is 5.75 Å². The standard InChI is InChI=1S/C26H34N4O3/c1-18(2)30(23-11-25(12-23)33-24-5-4-21(16-31)19(3)10-24)15-20-6-8-29(9-7-20)26-14-27-22(17-32)13-28-26/h4-5,10,13-14,16-18,20,23,25H,6-9,11-12,15H2,1-3H3. The molecule has 2 fully saturated rings. The van der Waals surface area contributed by atoms with Gasteiger partial charge in [0.05, 0.1) is 12.4 Å². The number of ether oxygens (including phenoxy) is 1. The van der Waals surface area contributed by atoms with Crippen molar-refractivity contribution in [2.24, 2.45) is 5.92 Å². The van der Waals surface area contributed by atoms with Crippen molar-refractivity contribution in [3.05, 3.63) is 47.4 Å². The summed E-state index contributed by atoms with van der Waals surface area (Å²) in [5, 5.41) is 0. The molecule has 1 saturated carbocycles. The number of carbonyl (C=O) groups excluding carboxylic acids is 2. The Kier molecular flexibility index (Phi) is 7.38. The van der Waals surface area contributed by atoms with Gasteiger partial charge in [-0.25, -0.2) is 9.97 Å². The van der Waals surface area contributed by atoms with Crippen molar-refractivity contribution < 1.29 is 14.3 Å². The van der Waals surface area contributed by atoms with Crippen LogP contribution in [0.15, 0.2) is 30.6 Å². The Morgan fingerprint density at radius 1 is 1.12 bits per heavy atom. The summed E-state index contributed by atoms with van der Waals surface area (Å²) >= 11 is 0. The molecular formula is C26H34N4O3. The molecule has 0 N–H and O–H groups in total. The number of rotatable bonds is 9. The van der Waals surface area contributed by atoms with Crippen LogP contribution >= 0.6 is 0 Å². The lowest BCUT2D eigenvalue weighted by molar-refractivity contribution is -0.00659. The molecule has 0 amide bonds. The van der Waals surface area contributed by atoms with Gasteiger partial charge in [0.2, 0.25) is 0 Å². The summed E-state index contributed by atoms with van der Waals surface area (Å²) in [7, 11) is 0. The first-order chi connectivity index (χ1) is 16.0. The van der Waals surface area contributed by atoms with Gasteiger partial charge in [0.25, 0.3) is 0 Å². The Morgan fingerprint density at radius 3 is 2.45 bits per heavy atom. The lowest BCUT2D eigenvalue weighted by atomic mass is 9.85. The first-order valence-electron chi connectivity index (χ1n) is 12.0. The maximum atomic E-state index is 11.0. The van der Waals surface area contributed by atoms with E-state index in [4.69, 9.17) is 4.74 Å². The van der Waals surface area contributed by atoms with E-state index in [9.17, 15) is 9.59 Å². The molecular weight excluding hydrogens is 416 g/mol. The summed E-state index contributed by atoms with van der Waals surface area (Å²) in [4.78, 5) is 35.3. The van der Waals surface area contributed by atoms with Gasteiger partial charge >= 0.3 is 0 Å². The number of hydrogen-bond donors (Lipinski definition) is 0. The lowest BCUT2D eigenvalue weighted by Crippen LogP contribution is -2.53. The van der Waals surface area contributed by atoms with Gasteiger partial charge in [-0.1, -0.05) is 0 Å². The van der Waals surface area contributed by atoms with Crippen LogP contribution in [0.3, 0.4) is 0 Å². The van der Waals surface area contributed by atoms with Crippen molar-refractivity contribution >= 4 is 18.4 Å². The Balaban J connectivity index is 1.25. The third-order valence-electron chi connectivity index (χ3n) is 7.06. The molecule has 2 heterocycles. The van der Waals surface area contributed by atoms with E-state index in [2.05, 4.69) is 33.6 Å². The zero-order chi connectivity index (χ0) is 23.4. The van der Waals surface area contributed by atoms with Crippen molar-refractivity contribution in [1.29, 1.82) is 0 Å². The Morgan fingerprint density at radius 2 is 1.88 bits per heavy atom. The van der Waals surface area contributed by atoms with Crippen LogP contribution in [-0.2, 0) is 0 Å². The maximum absolute atomic E-state index is 11.0. The molecule has 1 aromatic heterocycles. The highest BCUT2D eigenvalue weighted by Gasteiger charge is 2.37. The Labute approximate surface area is 196 Å². The number of aromatic nitrogens is 2. The van der Waals surface area contributed by atoms with Crippen LogP contribution < -0.4 is 9.64 Å². The van der Waals surface area contributed by atoms with Gasteiger partial charge < -0.3 is 9.64 Å². The van der Waals surface area contributed by atoms with Crippen LogP contribution in [0.2, 0.25) is 0 Å². The molecule has 1 aliphatic carbocycles. The molecule has 0 unspecified atom stereocenters. The highest BCUT2D eigenvalue weighted by molar-refractivity contribution is 5.77. The fourth-order valence-electron chi connectivity index (χ4n) is 4.93. The van der Waals surface area contributed by atoms with E-state index in [1.165, 1.54) is 0 Å². The molecule has 1 aromatic carbocycles. The van der Waals surface area contributed by atoms with Gasteiger partial charge in [-0.3, -0.25) is 14.5 Å². The van der Waals surface area contributed by atoms with E-state index in [1.54, 1.807) is 12.4 Å². The van der Waals surface area contributed by atoms with Crippen LogP contribution in [0, 0.1) is 12.8 Å². The number of nitrogens with zero attached hydrogens (tertiary/aromatic N) is 4. The number of aldehydes is 2. The minimum absolute atomic E-state index is 0.243. The van der Waals surface area contributed by atoms with Crippen LogP contribution in [0.4, 0.5) is 5.82 Å². The van der Waals surface area contributed by atoms with E-state index >= 15 is 0 Å². The molecule has 0 bridgehead atoms. The first-order valence-corrected chi connectivity index (χ1v) is 12.0. The highest BCUT2D eigenvalue weighted by Crippen LogP contribution is 2.33. The topological polar surface area (TPSA) is 75.6 Å². The molecule has 7 heteroatoms. The molecule has 0 radical (unpaired) electrons. The van der Waals surface area contributed by atoms with E-state index in [0.29, 0.717) is 23.7 Å². The fourth-order valence-corrected chi connectivity index (χ4v) is 4.93. The third-order valence-corrected chi connectivity index (χ3v) is 7.06. The summed E-state index contributed by atoms with van der Waals surface area (Å²) in [6.07, 6.45) is 9.46. The van der Waals surface area contributed by atoms with Crippen molar-refractivity contribution in [3.8, 4) is 5.75 Å². The predicted molar refractivity (Wildman–Crippen MR) is 128 cm³/mol.